The Morgan fingerprint density at radius 3 is 2.07 bits per heavy atom. The third-order valence-corrected chi connectivity index (χ3v) is 14.3. The number of rotatable bonds is 5. The van der Waals surface area contributed by atoms with Crippen LogP contribution in [0.25, 0.3) is 50.0 Å². The standard InChI is InChI=1S/C50H48N4O.Pt/c1-32-18-20-34(21-19-32)52-31-53(42-17-12-11-16-41(42)52)35-14-13-15-36(29-35)55-37-22-23-38-39-24-25-40-45(49(7,8)50(9,10)48(40,5)6)46(39)54(43(38)30-37)44-28-33(26-27-51-44)47(2,3)4;/h11-28H,1-10H3;/q-2;. The molecule has 5 nitrogen and oxygen atoms in total. The van der Waals surface area contributed by atoms with Crippen molar-refractivity contribution in [2.75, 3.05) is 0 Å². The van der Waals surface area contributed by atoms with E-state index in [1.165, 1.54) is 33.2 Å². The molecule has 0 bridgehead atoms. The molecular formula is C50H48N4OPt-2. The molecular weight excluding hydrogens is 868 g/mol. The van der Waals surface area contributed by atoms with E-state index in [-0.39, 0.29) is 21.7 Å². The van der Waals surface area contributed by atoms with E-state index in [2.05, 4.69) is 199 Å². The third-order valence-electron chi connectivity index (χ3n) is 13.3. The van der Waals surface area contributed by atoms with E-state index >= 15 is 0 Å². The Bertz CT molecular complexity index is 2930. The number of aromatic nitrogens is 4. The molecule has 9 rings (SSSR count). The molecule has 3 aromatic heterocycles. The van der Waals surface area contributed by atoms with Crippen LogP contribution in [0.15, 0.2) is 109 Å². The third kappa shape index (κ3) is 5.30. The van der Waals surface area contributed by atoms with E-state index in [9.17, 15) is 0 Å². The summed E-state index contributed by atoms with van der Waals surface area (Å²) in [7, 11) is 0. The summed E-state index contributed by atoms with van der Waals surface area (Å²) in [5.74, 6) is 2.14. The van der Waals surface area contributed by atoms with Gasteiger partial charge in [-0.2, -0.15) is 0 Å². The van der Waals surface area contributed by atoms with E-state index < -0.39 is 0 Å². The zero-order chi connectivity index (χ0) is 39.5. The molecule has 0 fully saturated rings. The number of nitrogens with zero attached hydrogens (tertiary/aromatic N) is 4. The number of benzene rings is 5. The topological polar surface area (TPSA) is 36.9 Å². The molecule has 0 saturated heterocycles. The van der Waals surface area contributed by atoms with Crippen molar-refractivity contribution in [2.24, 2.45) is 5.41 Å². The number of fused-ring (bicyclic) bond motifs is 6. The normalized spacial score (nSPS) is 15.9. The molecule has 0 spiro atoms. The first kappa shape index (κ1) is 36.6. The van der Waals surface area contributed by atoms with Gasteiger partial charge >= 0.3 is 229 Å². The van der Waals surface area contributed by atoms with Crippen LogP contribution in [0.5, 0.6) is 11.5 Å². The maximum absolute atomic E-state index is 6.70. The first-order chi connectivity index (χ1) is 26.5. The monoisotopic (exact) mass is 915 g/mol. The number of para-hydroxylation sites is 2. The van der Waals surface area contributed by atoms with Crippen molar-refractivity contribution in [1.82, 2.24) is 18.7 Å². The van der Waals surface area contributed by atoms with Gasteiger partial charge in [0.2, 0.25) is 0 Å². The molecule has 0 unspecified atom stereocenters. The van der Waals surface area contributed by atoms with Gasteiger partial charge in [0.25, 0.3) is 0 Å². The number of imidazole rings is 1. The Morgan fingerprint density at radius 1 is 0.679 bits per heavy atom. The Kier molecular flexibility index (Phi) is 8.18. The van der Waals surface area contributed by atoms with Gasteiger partial charge in [-0.3, -0.25) is 0 Å². The zero-order valence-electron chi connectivity index (χ0n) is 33.9. The second-order valence-corrected chi connectivity index (χ2v) is 19.1. The SMILES string of the molecule is Cc1ccc(-n2[c](=[Pt])n(-c3[c-]c(Oc4[c-]c5c(cc4)c4ccc6c(c4n5-c4cc(C(C)(C)C)ccn4)C(C)(C)C(C)(C)C6(C)C)ccc3)c3ccccc32)cc1. The Labute approximate surface area is 341 Å². The van der Waals surface area contributed by atoms with Crippen LogP contribution in [-0.2, 0) is 35.6 Å². The van der Waals surface area contributed by atoms with Gasteiger partial charge in [0.05, 0.1) is 0 Å². The number of hydrogen-bond donors (Lipinski definition) is 0. The predicted octanol–water partition coefficient (Wildman–Crippen LogP) is 12.6. The molecule has 0 aliphatic heterocycles. The molecule has 8 aromatic rings. The summed E-state index contributed by atoms with van der Waals surface area (Å²) in [6.07, 6.45) is 1.95. The van der Waals surface area contributed by atoms with E-state index in [4.69, 9.17) is 9.72 Å². The first-order valence-electron chi connectivity index (χ1n) is 19.5. The van der Waals surface area contributed by atoms with Crippen molar-refractivity contribution in [3.05, 3.63) is 148 Å². The van der Waals surface area contributed by atoms with Crippen molar-refractivity contribution in [3.8, 4) is 28.7 Å². The van der Waals surface area contributed by atoms with Gasteiger partial charge in [0.1, 0.15) is 0 Å². The van der Waals surface area contributed by atoms with Crippen molar-refractivity contribution in [1.29, 1.82) is 0 Å². The van der Waals surface area contributed by atoms with Crippen LogP contribution in [0.3, 0.4) is 0 Å². The van der Waals surface area contributed by atoms with Crippen LogP contribution < -0.4 is 4.74 Å². The van der Waals surface area contributed by atoms with Crippen LogP contribution >= 0.6 is 0 Å². The van der Waals surface area contributed by atoms with Crippen molar-refractivity contribution in [3.63, 3.8) is 0 Å². The summed E-state index contributed by atoms with van der Waals surface area (Å²) in [5, 5.41) is 2.33. The van der Waals surface area contributed by atoms with Gasteiger partial charge < -0.3 is 0 Å². The number of aryl methyl sites for hydroxylation is 1. The van der Waals surface area contributed by atoms with E-state index in [0.717, 1.165) is 42.9 Å². The molecule has 56 heavy (non-hydrogen) atoms. The molecule has 286 valence electrons. The van der Waals surface area contributed by atoms with Gasteiger partial charge in [-0.25, -0.2) is 0 Å². The quantitative estimate of drug-likeness (QED) is 0.161. The molecule has 0 radical (unpaired) electrons. The Morgan fingerprint density at radius 2 is 1.36 bits per heavy atom. The van der Waals surface area contributed by atoms with Gasteiger partial charge in [-0.1, -0.05) is 68.4 Å². The van der Waals surface area contributed by atoms with Crippen molar-refractivity contribution >= 4 is 32.8 Å². The second kappa shape index (κ2) is 12.5. The van der Waals surface area contributed by atoms with Gasteiger partial charge in [0.15, 0.2) is 0 Å². The fourth-order valence-electron chi connectivity index (χ4n) is 8.91. The first-order valence-corrected chi connectivity index (χ1v) is 20.6. The molecule has 0 N–H and O–H groups in total. The summed E-state index contributed by atoms with van der Waals surface area (Å²) in [4.78, 5) is 5.05. The van der Waals surface area contributed by atoms with Crippen LogP contribution in [0.1, 0.15) is 84.6 Å². The molecule has 3 heterocycles. The average Bonchev–Trinajstić information content (AvgIpc) is 3.68. The summed E-state index contributed by atoms with van der Waals surface area (Å²) in [6, 6.07) is 43.9. The molecule has 0 atom stereocenters. The minimum atomic E-state index is -0.119. The second-order valence-electron chi connectivity index (χ2n) is 18.1. The van der Waals surface area contributed by atoms with Crippen LogP contribution in [0.4, 0.5) is 0 Å². The Balaban J connectivity index is 1.22. The summed E-state index contributed by atoms with van der Waals surface area (Å²) in [6.45, 7) is 23.4. The average molecular weight is 916 g/mol. The number of pyridine rings is 1. The number of hydrogen-bond acceptors (Lipinski definition) is 2. The summed E-state index contributed by atoms with van der Waals surface area (Å²) in [5.41, 5.74) is 11.4. The Hall–Kier alpha value is -4.99. The van der Waals surface area contributed by atoms with Gasteiger partial charge in [-0.05, 0) is 38.9 Å². The molecule has 5 aromatic carbocycles. The van der Waals surface area contributed by atoms with Crippen LogP contribution in [0.2, 0.25) is 0 Å². The molecule has 1 aliphatic rings. The van der Waals surface area contributed by atoms with Crippen molar-refractivity contribution < 1.29 is 24.1 Å². The number of ether oxygens (including phenoxy) is 1. The maximum atomic E-state index is 6.70. The molecule has 0 saturated carbocycles. The molecule has 1 aliphatic carbocycles. The van der Waals surface area contributed by atoms with Crippen LogP contribution in [-0.4, -0.2) is 18.7 Å². The van der Waals surface area contributed by atoms with E-state index in [1.807, 2.05) is 24.4 Å². The minimum absolute atomic E-state index is 0.000265. The predicted molar refractivity (Wildman–Crippen MR) is 225 cm³/mol. The summed E-state index contributed by atoms with van der Waals surface area (Å²) < 4.78 is 14.6. The van der Waals surface area contributed by atoms with Crippen molar-refractivity contribution in [2.45, 2.75) is 85.5 Å². The van der Waals surface area contributed by atoms with E-state index in [1.54, 1.807) is 0 Å². The summed E-state index contributed by atoms with van der Waals surface area (Å²) >= 11 is 2.42. The van der Waals surface area contributed by atoms with Crippen LogP contribution in [0, 0.1) is 28.3 Å². The van der Waals surface area contributed by atoms with Gasteiger partial charge in [0, 0.05) is 6.20 Å². The molecule has 6 heteroatoms. The zero-order valence-corrected chi connectivity index (χ0v) is 36.2. The fourth-order valence-corrected chi connectivity index (χ4v) is 10.0. The fraction of sp³-hybridized carbons (Fsp3) is 0.280. The van der Waals surface area contributed by atoms with Gasteiger partial charge in [-0.15, -0.1) is 0 Å². The van der Waals surface area contributed by atoms with E-state index in [0.29, 0.717) is 11.5 Å². The molecule has 0 amide bonds.